The Morgan fingerprint density at radius 1 is 0.679 bits per heavy atom. The Kier molecular flexibility index (Phi) is 29.8. The molecule has 0 saturated carbocycles. The number of nitrogens with one attached hydrogen (secondary N) is 1. The molecule has 312 valence electrons. The van der Waals surface area contributed by atoms with Crippen LogP contribution in [-0.2, 0) is 49.6 Å². The van der Waals surface area contributed by atoms with E-state index in [0.29, 0.717) is 11.3 Å². The minimum Gasteiger partial charge on any atom is -0.481 e. The van der Waals surface area contributed by atoms with E-state index in [1.807, 2.05) is 0 Å². The number of carboxylic acid groups (broad SMARTS) is 9. The number of amides is 1. The number of nitrogens with two attached hydrogens (primary N) is 2. The summed E-state index contributed by atoms with van der Waals surface area (Å²) in [5.41, 5.74) is 11.0. The zero-order valence-electron chi connectivity index (χ0n) is 28.1. The van der Waals surface area contributed by atoms with Crippen LogP contribution < -0.4 is 11.5 Å². The largest absolute Gasteiger partial charge is 0.481 e. The zero-order valence-corrected chi connectivity index (χ0v) is 28.1. The second kappa shape index (κ2) is 30.1. The molecule has 2 aromatic rings. The fourth-order valence-corrected chi connectivity index (χ4v) is 2.28. The molecule has 5 atom stereocenters. The van der Waals surface area contributed by atoms with Crippen LogP contribution in [0.3, 0.4) is 0 Å². The molecule has 28 heteroatoms. The average Bonchev–Trinajstić information content (AvgIpc) is 3.60. The van der Waals surface area contributed by atoms with E-state index in [1.165, 1.54) is 12.5 Å². The van der Waals surface area contributed by atoms with E-state index in [9.17, 15) is 38.4 Å². The fraction of sp³-hybridized carbons (Fsp3) is 0.286. The normalized spacial score (nSPS) is 11.9. The molecule has 2 aromatic heterocycles. The maximum atomic E-state index is 10.4. The van der Waals surface area contributed by atoms with Gasteiger partial charge in [-0.3, -0.25) is 29.0 Å². The molecule has 0 aliphatic rings. The average molecular weight is 812 g/mol. The number of carbonyl (C=O) groups excluding carboxylic acids is 1. The summed E-state index contributed by atoms with van der Waals surface area (Å²) in [4.78, 5) is 108. The van der Waals surface area contributed by atoms with Gasteiger partial charge < -0.3 is 82.8 Å². The number of aliphatic hydroxyl groups excluding tert-OH is 4. The van der Waals surface area contributed by atoms with Gasteiger partial charge in [-0.05, 0) is 12.1 Å². The number of H-pyrrole nitrogens is 1. The number of aliphatic carboxylic acids is 9. The van der Waals surface area contributed by atoms with E-state index < -0.39 is 103 Å². The Morgan fingerprint density at radius 3 is 1.30 bits per heavy atom. The minimum absolute atomic E-state index is 0.263. The van der Waals surface area contributed by atoms with E-state index >= 15 is 0 Å². The monoisotopic (exact) mass is 811 g/mol. The van der Waals surface area contributed by atoms with Gasteiger partial charge in [-0.15, -0.1) is 0 Å². The molecule has 0 aromatic carbocycles. The number of carbonyl (C=O) groups is 10. The lowest BCUT2D eigenvalue weighted by atomic mass is 10.0. The third kappa shape index (κ3) is 31.3. The summed E-state index contributed by atoms with van der Waals surface area (Å²) in [6, 6.07) is 2.42. The molecule has 0 radical (unpaired) electrons. The summed E-state index contributed by atoms with van der Waals surface area (Å²) < 4.78 is 0. The van der Waals surface area contributed by atoms with Gasteiger partial charge in [0.2, 0.25) is 5.91 Å². The Hall–Kier alpha value is -7.40. The highest BCUT2D eigenvalue weighted by molar-refractivity contribution is 6.27. The summed E-state index contributed by atoms with van der Waals surface area (Å²) in [6.45, 7) is 3.01. The van der Waals surface area contributed by atoms with Gasteiger partial charge in [0.25, 0.3) is 0 Å². The summed E-state index contributed by atoms with van der Waals surface area (Å²) in [7, 11) is 0. The number of pyridine rings is 1. The highest BCUT2D eigenvalue weighted by Gasteiger charge is 2.37. The van der Waals surface area contributed by atoms with Gasteiger partial charge in [0.1, 0.15) is 24.7 Å². The first kappa shape index (κ1) is 55.4. The lowest BCUT2D eigenvalue weighted by Gasteiger charge is -2.21. The highest BCUT2D eigenvalue weighted by atomic mass is 16.5. The molecular formula is C28H37N5O23. The first-order chi connectivity index (χ1) is 25.6. The molecule has 56 heavy (non-hydrogen) atoms. The molecule has 0 saturated heterocycles. The van der Waals surface area contributed by atoms with E-state index in [1.54, 1.807) is 24.5 Å². The fourth-order valence-electron chi connectivity index (χ4n) is 2.28. The van der Waals surface area contributed by atoms with Crippen molar-refractivity contribution in [2.75, 3.05) is 0 Å². The number of hydrogen-bond acceptors (Lipinski definition) is 17. The predicted octanol–water partition coefficient (Wildman–Crippen LogP) is -5.05. The summed E-state index contributed by atoms with van der Waals surface area (Å²) in [5.74, 6) is -13.8. The van der Waals surface area contributed by atoms with Crippen LogP contribution in [-0.4, -0.2) is 171 Å². The van der Waals surface area contributed by atoms with Gasteiger partial charge in [-0.2, -0.15) is 0 Å². The Balaban J connectivity index is -0.000000296. The quantitative estimate of drug-likeness (QED) is 0.0482. The van der Waals surface area contributed by atoms with Gasteiger partial charge in [-0.1, -0.05) is 6.58 Å². The highest BCUT2D eigenvalue weighted by Crippen LogP contribution is 2.05. The smallest absolute Gasteiger partial charge is 0.414 e. The molecule has 0 aliphatic carbocycles. The van der Waals surface area contributed by atoms with Crippen LogP contribution in [0.25, 0.3) is 0 Å². The zero-order chi connectivity index (χ0) is 44.9. The molecule has 0 bridgehead atoms. The number of aliphatic hydroxyl groups is 4. The molecule has 1 amide bonds. The van der Waals surface area contributed by atoms with E-state index in [4.69, 9.17) is 87.4 Å². The van der Waals surface area contributed by atoms with Gasteiger partial charge in [-0.25, -0.2) is 29.0 Å². The molecule has 2 heterocycles. The van der Waals surface area contributed by atoms with Crippen LogP contribution in [0.1, 0.15) is 28.9 Å². The molecule has 0 unspecified atom stereocenters. The second-order valence-electron chi connectivity index (χ2n) is 9.42. The van der Waals surface area contributed by atoms with Crippen molar-refractivity contribution >= 4 is 59.6 Å². The predicted molar refractivity (Wildman–Crippen MR) is 174 cm³/mol. The van der Waals surface area contributed by atoms with Crippen molar-refractivity contribution in [2.24, 2.45) is 11.5 Å². The molecular weight excluding hydrogens is 774 g/mol. The first-order valence-corrected chi connectivity index (χ1v) is 14.0. The summed E-state index contributed by atoms with van der Waals surface area (Å²) in [5, 5.41) is 106. The van der Waals surface area contributed by atoms with Crippen LogP contribution in [0.2, 0.25) is 0 Å². The van der Waals surface area contributed by atoms with E-state index in [2.05, 4.69) is 21.5 Å². The number of hydrogen-bond donors (Lipinski definition) is 16. The maximum absolute atomic E-state index is 10.4. The molecule has 18 N–H and O–H groups in total. The number of primary amides is 1. The lowest BCUT2D eigenvalue weighted by Crippen LogP contribution is -2.49. The molecule has 2 rings (SSSR count). The number of rotatable bonds is 14. The van der Waals surface area contributed by atoms with Gasteiger partial charge in [0.05, 0.1) is 24.0 Å². The van der Waals surface area contributed by atoms with E-state index in [-0.39, 0.29) is 12.0 Å². The van der Waals surface area contributed by atoms with Crippen LogP contribution >= 0.6 is 0 Å². The molecule has 28 nitrogen and oxygen atoms in total. The number of aromatic nitrogens is 3. The Morgan fingerprint density at radius 2 is 1.11 bits per heavy atom. The van der Waals surface area contributed by atoms with Crippen molar-refractivity contribution in [1.82, 2.24) is 15.0 Å². The third-order valence-electron chi connectivity index (χ3n) is 4.90. The SMILES string of the molecule is C=C(CC(=O)O)C(=O)O.NC(=O)c1cccnc1.N[C@@H](Cc1c[nH]cn1)C(=O)O.O=C(O)C(=O)O.O=C(O)CC(=O)O.O=C(O)[C@@H](O)[C@@H](O)[C@H](O)[C@@H](O)C(=O)O. The van der Waals surface area contributed by atoms with Crippen LogP contribution in [0.4, 0.5) is 0 Å². The van der Waals surface area contributed by atoms with Crippen molar-refractivity contribution in [2.45, 2.75) is 49.7 Å². The molecule has 0 spiro atoms. The number of carboxylic acids is 9. The van der Waals surface area contributed by atoms with Crippen molar-refractivity contribution in [1.29, 1.82) is 0 Å². The molecule has 0 fully saturated rings. The number of aromatic amines is 1. The van der Waals surface area contributed by atoms with Crippen molar-refractivity contribution in [3.05, 3.63) is 60.5 Å². The summed E-state index contributed by atoms with van der Waals surface area (Å²) in [6.07, 6.45) is -4.19. The Labute approximate surface area is 310 Å². The third-order valence-corrected chi connectivity index (χ3v) is 4.90. The van der Waals surface area contributed by atoms with Gasteiger partial charge in [0.15, 0.2) is 12.2 Å². The topological polar surface area (TPSA) is 527 Å². The number of imidazole rings is 1. The maximum Gasteiger partial charge on any atom is 0.414 e. The van der Waals surface area contributed by atoms with E-state index in [0.717, 1.165) is 0 Å². The van der Waals surface area contributed by atoms with Gasteiger partial charge >= 0.3 is 53.7 Å². The van der Waals surface area contributed by atoms with Crippen molar-refractivity contribution in [3.8, 4) is 0 Å². The minimum atomic E-state index is -2.36. The van der Waals surface area contributed by atoms with Gasteiger partial charge in [0, 0.05) is 30.6 Å². The second-order valence-corrected chi connectivity index (χ2v) is 9.42. The number of nitrogens with zero attached hydrogens (tertiary/aromatic N) is 2. The Bertz CT molecular complexity index is 1570. The lowest BCUT2D eigenvalue weighted by molar-refractivity contribution is -0.172. The van der Waals surface area contributed by atoms with Crippen LogP contribution in [0.15, 0.2) is 49.2 Å². The first-order valence-electron chi connectivity index (χ1n) is 14.0. The summed E-state index contributed by atoms with van der Waals surface area (Å²) >= 11 is 0. The van der Waals surface area contributed by atoms with Crippen LogP contribution in [0.5, 0.6) is 0 Å². The van der Waals surface area contributed by atoms with Crippen molar-refractivity contribution in [3.63, 3.8) is 0 Å². The standard InChI is InChI=1S/C6H9N3O2.C6H6N2O.C6H10O8.C5H6O4.C3H4O4.C2H2O4/c7-5(6(10)11)1-4-2-8-3-9-4;7-6(9)5-2-1-3-8-4-5;7-1(3(9)5(11)12)2(8)4(10)6(13)14;1-3(5(8)9)2-4(6)7;4-2(5)1-3(6)7;3-1(4)2(5)6/h2-3,5H,1,7H2,(H,8,9)(H,10,11);1-4H,(H2,7,9);1-4,7-10H,(H,11,12)(H,13,14);1-2H2,(H,6,7)(H,8,9);1H2,(H,4,5)(H,6,7);(H,3,4)(H,5,6)/t5-;;1-,2-,3-,4+;;;/m0.0.../s1. The van der Waals surface area contributed by atoms with Crippen LogP contribution in [0, 0.1) is 0 Å². The van der Waals surface area contributed by atoms with Crippen molar-refractivity contribution < 1.29 is 114 Å². The molecule has 0 aliphatic heterocycles.